The van der Waals surface area contributed by atoms with Crippen LogP contribution in [0.25, 0.3) is 22.3 Å². The molecule has 29 heavy (non-hydrogen) atoms. The van der Waals surface area contributed by atoms with Crippen LogP contribution < -0.4 is 11.1 Å². The second-order valence-corrected chi connectivity index (χ2v) is 7.18. The van der Waals surface area contributed by atoms with Crippen LogP contribution in [0.5, 0.6) is 0 Å². The summed E-state index contributed by atoms with van der Waals surface area (Å²) in [5, 5.41) is 12.3. The molecule has 0 aliphatic rings. The summed E-state index contributed by atoms with van der Waals surface area (Å²) in [6.45, 7) is 0.766. The molecular weight excluding hydrogens is 369 g/mol. The third-order valence-electron chi connectivity index (χ3n) is 4.69. The molecule has 0 saturated heterocycles. The molecule has 0 radical (unpaired) electrons. The zero-order chi connectivity index (χ0) is 21.1. The molecule has 0 unspecified atom stereocenters. The fraction of sp³-hybridized carbons (Fsp3) is 0.174. The molecule has 0 bridgehead atoms. The topological polar surface area (TPSA) is 78.6 Å². The van der Waals surface area contributed by atoms with Gasteiger partial charge in [-0.1, -0.05) is 30.3 Å². The maximum Gasteiger partial charge on any atom is 0.337 e. The van der Waals surface area contributed by atoms with Crippen molar-refractivity contribution in [2.24, 2.45) is 0 Å². The molecule has 150 valence electrons. The normalized spacial score (nSPS) is 10.9. The van der Waals surface area contributed by atoms with E-state index in [0.717, 1.165) is 17.7 Å². The monoisotopic (exact) mass is 393 g/mol. The Balaban J connectivity index is 2.02. The van der Waals surface area contributed by atoms with Gasteiger partial charge in [-0.2, -0.15) is 0 Å². The van der Waals surface area contributed by atoms with Gasteiger partial charge in [0.05, 0.1) is 16.9 Å². The number of nitrogen functional groups attached to an aromatic ring is 1. The fourth-order valence-electron chi connectivity index (χ4n) is 3.41. The Bertz CT molecular complexity index is 1060. The average Bonchev–Trinajstić information content (AvgIpc) is 2.66. The Morgan fingerprint density at radius 3 is 2.45 bits per heavy atom. The Hall–Kier alpha value is -3.38. The van der Waals surface area contributed by atoms with Crippen LogP contribution in [0.2, 0.25) is 0 Å². The average molecular weight is 393 g/mol. The van der Waals surface area contributed by atoms with Gasteiger partial charge in [0.25, 0.3) is 0 Å². The molecule has 0 amide bonds. The summed E-state index contributed by atoms with van der Waals surface area (Å²) in [5.74, 6) is -1.48. The standard InChI is InChI=1S/C23H24FN3O2/c1-26-22-19(23(28)29)10-17(12-21(22)25)15-7-8-18(20(24)11-15)16-6-4-5-14(9-16)13-27(2)3/h4-12,26H,13,25H2,1-3H3,(H,28,29). The molecule has 0 spiro atoms. The van der Waals surface area contributed by atoms with Gasteiger partial charge < -0.3 is 21.1 Å². The molecule has 0 aromatic heterocycles. The highest BCUT2D eigenvalue weighted by atomic mass is 19.1. The molecule has 3 aromatic carbocycles. The van der Waals surface area contributed by atoms with Gasteiger partial charge in [0.1, 0.15) is 5.82 Å². The number of hydrogen-bond acceptors (Lipinski definition) is 4. The number of anilines is 2. The largest absolute Gasteiger partial charge is 0.478 e. The number of carbonyl (C=O) groups is 1. The molecular formula is C23H24FN3O2. The van der Waals surface area contributed by atoms with Crippen LogP contribution in [0.4, 0.5) is 15.8 Å². The molecule has 0 aliphatic carbocycles. The van der Waals surface area contributed by atoms with E-state index in [1.54, 1.807) is 25.2 Å². The summed E-state index contributed by atoms with van der Waals surface area (Å²) in [7, 11) is 5.58. The predicted octanol–water partition coefficient (Wildman–Crippen LogP) is 4.54. The lowest BCUT2D eigenvalue weighted by Gasteiger charge is -2.14. The van der Waals surface area contributed by atoms with Crippen LogP contribution in [0.3, 0.4) is 0 Å². The van der Waals surface area contributed by atoms with E-state index in [4.69, 9.17) is 5.73 Å². The molecule has 4 N–H and O–H groups in total. The number of nitrogens with one attached hydrogen (secondary N) is 1. The van der Waals surface area contributed by atoms with E-state index < -0.39 is 5.97 Å². The number of rotatable bonds is 6. The highest BCUT2D eigenvalue weighted by Gasteiger charge is 2.16. The van der Waals surface area contributed by atoms with Crippen LogP contribution in [0, 0.1) is 5.82 Å². The van der Waals surface area contributed by atoms with Crippen molar-refractivity contribution in [3.05, 3.63) is 71.5 Å². The van der Waals surface area contributed by atoms with Gasteiger partial charge in [0.2, 0.25) is 0 Å². The first-order chi connectivity index (χ1) is 13.8. The van der Waals surface area contributed by atoms with Crippen molar-refractivity contribution in [3.63, 3.8) is 0 Å². The molecule has 6 heteroatoms. The van der Waals surface area contributed by atoms with Crippen molar-refractivity contribution < 1.29 is 14.3 Å². The summed E-state index contributed by atoms with van der Waals surface area (Å²) >= 11 is 0. The molecule has 3 rings (SSSR count). The number of carboxylic acid groups (broad SMARTS) is 1. The SMILES string of the molecule is CNc1c(N)cc(-c2ccc(-c3cccc(CN(C)C)c3)c(F)c2)cc1C(=O)O. The second kappa shape index (κ2) is 8.32. The van der Waals surface area contributed by atoms with Gasteiger partial charge in [-0.25, -0.2) is 9.18 Å². The van der Waals surface area contributed by atoms with Gasteiger partial charge >= 0.3 is 5.97 Å². The van der Waals surface area contributed by atoms with Crippen molar-refractivity contribution in [3.8, 4) is 22.3 Å². The summed E-state index contributed by atoms with van der Waals surface area (Å²) in [4.78, 5) is 13.6. The Labute approximate surface area is 169 Å². The number of carboxylic acids is 1. The number of benzene rings is 3. The van der Waals surface area contributed by atoms with E-state index in [1.807, 2.05) is 38.4 Å². The maximum atomic E-state index is 15.0. The number of nitrogens with zero attached hydrogens (tertiary/aromatic N) is 1. The van der Waals surface area contributed by atoms with Gasteiger partial charge in [0.15, 0.2) is 0 Å². The van der Waals surface area contributed by atoms with E-state index in [0.29, 0.717) is 28.1 Å². The second-order valence-electron chi connectivity index (χ2n) is 7.18. The lowest BCUT2D eigenvalue weighted by Crippen LogP contribution is -2.10. The summed E-state index contributed by atoms with van der Waals surface area (Å²) in [5.41, 5.74) is 10.2. The van der Waals surface area contributed by atoms with Crippen molar-refractivity contribution >= 4 is 17.3 Å². The predicted molar refractivity (Wildman–Crippen MR) is 116 cm³/mol. The third kappa shape index (κ3) is 4.38. The highest BCUT2D eigenvalue weighted by Crippen LogP contribution is 2.33. The summed E-state index contributed by atoms with van der Waals surface area (Å²) < 4.78 is 15.0. The number of nitrogens with two attached hydrogens (primary N) is 1. The summed E-state index contributed by atoms with van der Waals surface area (Å²) in [6, 6.07) is 15.8. The zero-order valence-corrected chi connectivity index (χ0v) is 16.7. The molecule has 0 aliphatic heterocycles. The molecule has 0 atom stereocenters. The van der Waals surface area contributed by atoms with Crippen LogP contribution in [0.1, 0.15) is 15.9 Å². The lowest BCUT2D eigenvalue weighted by atomic mass is 9.96. The van der Waals surface area contributed by atoms with Crippen LogP contribution >= 0.6 is 0 Å². The quantitative estimate of drug-likeness (QED) is 0.536. The number of aromatic carboxylic acids is 1. The highest BCUT2D eigenvalue weighted by molar-refractivity contribution is 5.99. The Morgan fingerprint density at radius 2 is 1.83 bits per heavy atom. The molecule has 0 heterocycles. The van der Waals surface area contributed by atoms with Gasteiger partial charge in [0, 0.05) is 19.2 Å². The third-order valence-corrected chi connectivity index (χ3v) is 4.69. The number of halogens is 1. The smallest absolute Gasteiger partial charge is 0.337 e. The molecule has 0 fully saturated rings. The minimum Gasteiger partial charge on any atom is -0.478 e. The first-order valence-corrected chi connectivity index (χ1v) is 9.18. The minimum absolute atomic E-state index is 0.0448. The van der Waals surface area contributed by atoms with Crippen LogP contribution in [-0.4, -0.2) is 37.1 Å². The Kier molecular flexibility index (Phi) is 5.84. The first kappa shape index (κ1) is 20.4. The van der Waals surface area contributed by atoms with E-state index >= 15 is 0 Å². The maximum absolute atomic E-state index is 15.0. The van der Waals surface area contributed by atoms with Crippen molar-refractivity contribution in [1.29, 1.82) is 0 Å². The Morgan fingerprint density at radius 1 is 1.07 bits per heavy atom. The number of hydrogen-bond donors (Lipinski definition) is 3. The van der Waals surface area contributed by atoms with Crippen LogP contribution in [0.15, 0.2) is 54.6 Å². The minimum atomic E-state index is -1.10. The summed E-state index contributed by atoms with van der Waals surface area (Å²) in [6.07, 6.45) is 0. The lowest BCUT2D eigenvalue weighted by molar-refractivity contribution is 0.0698. The van der Waals surface area contributed by atoms with Crippen molar-refractivity contribution in [1.82, 2.24) is 4.90 Å². The van der Waals surface area contributed by atoms with Crippen LogP contribution in [-0.2, 0) is 6.54 Å². The molecule has 0 saturated carbocycles. The van der Waals surface area contributed by atoms with E-state index in [1.165, 1.54) is 12.1 Å². The van der Waals surface area contributed by atoms with Crippen molar-refractivity contribution in [2.45, 2.75) is 6.54 Å². The first-order valence-electron chi connectivity index (χ1n) is 9.18. The molecule has 3 aromatic rings. The van der Waals surface area contributed by atoms with E-state index in [9.17, 15) is 14.3 Å². The van der Waals surface area contributed by atoms with Crippen molar-refractivity contribution in [2.75, 3.05) is 32.2 Å². The fourth-order valence-corrected chi connectivity index (χ4v) is 3.41. The van der Waals surface area contributed by atoms with Gasteiger partial charge in [-0.15, -0.1) is 0 Å². The molecule has 5 nitrogen and oxygen atoms in total. The zero-order valence-electron chi connectivity index (χ0n) is 16.7. The van der Waals surface area contributed by atoms with E-state index in [2.05, 4.69) is 10.2 Å². The van der Waals surface area contributed by atoms with Gasteiger partial charge in [-0.3, -0.25) is 0 Å². The van der Waals surface area contributed by atoms with Gasteiger partial charge in [-0.05, 0) is 60.6 Å². The van der Waals surface area contributed by atoms with E-state index in [-0.39, 0.29) is 11.4 Å².